The predicted molar refractivity (Wildman–Crippen MR) is 106 cm³/mol. The summed E-state index contributed by atoms with van der Waals surface area (Å²) in [6.07, 6.45) is -12.2. The van der Waals surface area contributed by atoms with Crippen LogP contribution in [-0.2, 0) is 20.1 Å². The number of likely N-dealkylation sites (N-methyl/N-ethyl adjacent to an activating group) is 1. The first-order chi connectivity index (χ1) is 16.8. The van der Waals surface area contributed by atoms with E-state index in [0.717, 1.165) is 0 Å². The highest BCUT2D eigenvalue weighted by Gasteiger charge is 2.90. The Hall–Kier alpha value is -1.17. The molecule has 0 aromatic heterocycles. The van der Waals surface area contributed by atoms with Crippen LogP contribution in [0.4, 0.5) is 57.1 Å². The van der Waals surface area contributed by atoms with E-state index in [0.29, 0.717) is 0 Å². The number of aliphatic hydroxyl groups excluding tert-OH is 1. The van der Waals surface area contributed by atoms with Crippen molar-refractivity contribution in [1.82, 2.24) is 4.72 Å². The van der Waals surface area contributed by atoms with E-state index in [9.17, 15) is 79.0 Å². The molecule has 0 saturated heterocycles. The summed E-state index contributed by atoms with van der Waals surface area (Å²) in [6, 6.07) is 0. The number of hydrogen-bond donors (Lipinski definition) is 3. The van der Waals surface area contributed by atoms with Crippen LogP contribution >= 0.6 is 0 Å². The highest BCUT2D eigenvalue weighted by molar-refractivity contribution is 7.89. The normalized spacial score (nSPS) is 16.4. The smallest absolute Gasteiger partial charge is 0.386 e. The number of quaternary nitrogens is 1. The number of halogens is 13. The van der Waals surface area contributed by atoms with Crippen LogP contribution in [0.1, 0.15) is 12.8 Å². The lowest BCUT2D eigenvalue weighted by molar-refractivity contribution is -0.893. The second-order valence-corrected chi connectivity index (χ2v) is 12.5. The average Bonchev–Trinajstić information content (AvgIpc) is 2.66. The maximum Gasteiger partial charge on any atom is 0.460 e. The summed E-state index contributed by atoms with van der Waals surface area (Å²) in [4.78, 5) is 0. The Labute approximate surface area is 213 Å². The molecule has 1 unspecified atom stereocenters. The maximum atomic E-state index is 13.8. The Morgan fingerprint density at radius 2 is 1.21 bits per heavy atom. The van der Waals surface area contributed by atoms with E-state index in [4.69, 9.17) is 4.55 Å². The first kappa shape index (κ1) is 37.8. The second-order valence-electron chi connectivity index (χ2n) is 9.06. The van der Waals surface area contributed by atoms with Crippen molar-refractivity contribution in [1.29, 1.82) is 0 Å². The quantitative estimate of drug-likeness (QED) is 0.102. The lowest BCUT2D eigenvalue weighted by Gasteiger charge is -2.39. The number of nitrogens with one attached hydrogen (secondary N) is 1. The molecular formula is C16H24F13N2O6S2+. The topological polar surface area (TPSA) is 121 Å². The van der Waals surface area contributed by atoms with E-state index in [2.05, 4.69) is 0 Å². The third-order valence-electron chi connectivity index (χ3n) is 5.05. The number of hydrogen-bond acceptors (Lipinski definition) is 5. The van der Waals surface area contributed by atoms with Gasteiger partial charge in [0, 0.05) is 19.4 Å². The second kappa shape index (κ2) is 11.6. The van der Waals surface area contributed by atoms with E-state index < -0.39 is 86.5 Å². The van der Waals surface area contributed by atoms with Crippen molar-refractivity contribution >= 4 is 20.1 Å². The standard InChI is InChI=1S/C16H23F13N2O6S2/c1-31(2,8-10(32)9-39(35,36)37)6-3-5-30-38(33,34)7-4-11(17,18)12(19,20)13(21,22)14(23,24)15(25,26)16(27,28)29/h10,30,32H,3-9H2,1-2H3/p+1. The molecule has 39 heavy (non-hydrogen) atoms. The summed E-state index contributed by atoms with van der Waals surface area (Å²) in [5.41, 5.74) is 0. The number of nitrogens with zero attached hydrogens (tertiary/aromatic N) is 1. The first-order valence-electron chi connectivity index (χ1n) is 10.1. The van der Waals surface area contributed by atoms with Crippen LogP contribution in [0, 0.1) is 0 Å². The average molecular weight is 651 g/mol. The molecule has 236 valence electrons. The van der Waals surface area contributed by atoms with Crippen molar-refractivity contribution in [2.24, 2.45) is 0 Å². The SMILES string of the molecule is C[N+](C)(CCCNS(=O)(=O)CCC(F)(F)C(F)(F)C(F)(F)C(F)(F)C(F)(F)C(F)(F)F)CC(O)CS(=O)(=O)O. The molecule has 0 spiro atoms. The minimum Gasteiger partial charge on any atom is -0.386 e. The monoisotopic (exact) mass is 651 g/mol. The molecule has 0 aromatic carbocycles. The fraction of sp³-hybridized carbons (Fsp3) is 1.00. The van der Waals surface area contributed by atoms with E-state index >= 15 is 0 Å². The van der Waals surface area contributed by atoms with Gasteiger partial charge < -0.3 is 9.59 Å². The molecule has 0 radical (unpaired) electrons. The van der Waals surface area contributed by atoms with Crippen LogP contribution in [0.2, 0.25) is 0 Å². The van der Waals surface area contributed by atoms with Gasteiger partial charge in [0.2, 0.25) is 10.0 Å². The zero-order valence-electron chi connectivity index (χ0n) is 19.7. The molecule has 0 aromatic rings. The van der Waals surface area contributed by atoms with E-state index in [-0.39, 0.29) is 24.0 Å². The Balaban J connectivity index is 5.34. The van der Waals surface area contributed by atoms with Crippen molar-refractivity contribution in [2.45, 2.75) is 54.7 Å². The van der Waals surface area contributed by atoms with Crippen LogP contribution < -0.4 is 4.72 Å². The summed E-state index contributed by atoms with van der Waals surface area (Å²) in [6.45, 7) is -1.04. The van der Waals surface area contributed by atoms with Gasteiger partial charge in [-0.05, 0) is 0 Å². The predicted octanol–water partition coefficient (Wildman–Crippen LogP) is 2.75. The van der Waals surface area contributed by atoms with E-state index in [1.165, 1.54) is 14.1 Å². The molecule has 0 aliphatic heterocycles. The summed E-state index contributed by atoms with van der Waals surface area (Å²) < 4.78 is 225. The molecule has 0 amide bonds. The zero-order chi connectivity index (χ0) is 31.7. The molecule has 0 heterocycles. The third kappa shape index (κ3) is 9.16. The van der Waals surface area contributed by atoms with Crippen molar-refractivity contribution in [3.05, 3.63) is 0 Å². The minimum atomic E-state index is -8.08. The molecule has 3 N–H and O–H groups in total. The van der Waals surface area contributed by atoms with E-state index in [1.54, 1.807) is 4.72 Å². The molecule has 0 fully saturated rings. The number of sulfonamides is 1. The van der Waals surface area contributed by atoms with Gasteiger partial charge in [-0.25, -0.2) is 13.1 Å². The molecular weight excluding hydrogens is 627 g/mol. The van der Waals surface area contributed by atoms with Crippen LogP contribution in [0.15, 0.2) is 0 Å². The van der Waals surface area contributed by atoms with Crippen molar-refractivity contribution in [3.8, 4) is 0 Å². The Morgan fingerprint density at radius 3 is 1.62 bits per heavy atom. The Morgan fingerprint density at radius 1 is 0.769 bits per heavy atom. The molecule has 8 nitrogen and oxygen atoms in total. The third-order valence-corrected chi connectivity index (χ3v) is 7.24. The molecule has 0 rings (SSSR count). The van der Waals surface area contributed by atoms with Gasteiger partial charge >= 0.3 is 35.8 Å². The zero-order valence-corrected chi connectivity index (χ0v) is 21.4. The number of alkyl halides is 13. The van der Waals surface area contributed by atoms with Gasteiger partial charge in [-0.15, -0.1) is 0 Å². The van der Waals surface area contributed by atoms with Crippen molar-refractivity contribution < 1.29 is 88.1 Å². The summed E-state index contributed by atoms with van der Waals surface area (Å²) in [5.74, 6) is -41.3. The van der Waals surface area contributed by atoms with Crippen LogP contribution in [0.3, 0.4) is 0 Å². The van der Waals surface area contributed by atoms with E-state index in [1.807, 2.05) is 0 Å². The first-order valence-corrected chi connectivity index (χ1v) is 13.4. The fourth-order valence-electron chi connectivity index (χ4n) is 2.99. The van der Waals surface area contributed by atoms with Crippen LogP contribution in [-0.4, -0.2) is 118 Å². The van der Waals surface area contributed by atoms with Gasteiger partial charge in [0.25, 0.3) is 10.1 Å². The molecule has 0 saturated carbocycles. The highest BCUT2D eigenvalue weighted by atomic mass is 32.2. The maximum absolute atomic E-state index is 13.8. The Bertz CT molecular complexity index is 1050. The number of aliphatic hydroxyl groups is 1. The van der Waals surface area contributed by atoms with Crippen LogP contribution in [0.25, 0.3) is 0 Å². The van der Waals surface area contributed by atoms with Gasteiger partial charge in [0.1, 0.15) is 18.4 Å². The van der Waals surface area contributed by atoms with Gasteiger partial charge in [0.15, 0.2) is 0 Å². The largest absolute Gasteiger partial charge is 0.460 e. The van der Waals surface area contributed by atoms with Gasteiger partial charge in [-0.2, -0.15) is 65.5 Å². The summed E-state index contributed by atoms with van der Waals surface area (Å²) in [7, 11) is -6.82. The summed E-state index contributed by atoms with van der Waals surface area (Å²) in [5, 5.41) is 9.61. The Kier molecular flexibility index (Phi) is 11.3. The molecule has 0 aliphatic carbocycles. The lowest BCUT2D eigenvalue weighted by atomic mass is 9.93. The van der Waals surface area contributed by atoms with Gasteiger partial charge in [-0.1, -0.05) is 0 Å². The number of rotatable bonds is 16. The van der Waals surface area contributed by atoms with Crippen LogP contribution in [0.5, 0.6) is 0 Å². The summed E-state index contributed by atoms with van der Waals surface area (Å²) >= 11 is 0. The minimum absolute atomic E-state index is 0.0754. The van der Waals surface area contributed by atoms with Gasteiger partial charge in [0.05, 0.1) is 26.4 Å². The molecule has 23 heteroatoms. The van der Waals surface area contributed by atoms with Gasteiger partial charge in [-0.3, -0.25) is 4.55 Å². The van der Waals surface area contributed by atoms with Crippen molar-refractivity contribution in [2.75, 3.05) is 45.2 Å². The lowest BCUT2D eigenvalue weighted by Crippen LogP contribution is -2.70. The molecule has 1 atom stereocenters. The molecule has 0 aliphatic rings. The highest BCUT2D eigenvalue weighted by Crippen LogP contribution is 2.60. The van der Waals surface area contributed by atoms with Crippen molar-refractivity contribution in [3.63, 3.8) is 0 Å². The molecule has 0 bridgehead atoms. The fourth-order valence-corrected chi connectivity index (χ4v) is 4.70.